The van der Waals surface area contributed by atoms with Crippen LogP contribution in [0.2, 0.25) is 5.02 Å². The van der Waals surface area contributed by atoms with Crippen LogP contribution in [-0.4, -0.2) is 39.0 Å². The van der Waals surface area contributed by atoms with Crippen molar-refractivity contribution in [3.8, 4) is 34.0 Å². The maximum Gasteiger partial charge on any atom is 0.269 e. The van der Waals surface area contributed by atoms with E-state index in [9.17, 15) is 13.2 Å². The fourth-order valence-corrected chi connectivity index (χ4v) is 5.18. The van der Waals surface area contributed by atoms with E-state index in [0.29, 0.717) is 39.1 Å². The highest BCUT2D eigenvalue weighted by Crippen LogP contribution is 2.27. The van der Waals surface area contributed by atoms with Gasteiger partial charge in [-0.2, -0.15) is 5.10 Å². The van der Waals surface area contributed by atoms with E-state index in [-0.39, 0.29) is 15.8 Å². The second-order valence-corrected chi connectivity index (χ2v) is 11.6. The number of rotatable bonds is 5. The molecule has 3 aromatic heterocycles. The van der Waals surface area contributed by atoms with Crippen LogP contribution < -0.4 is 11.3 Å². The summed E-state index contributed by atoms with van der Waals surface area (Å²) in [5, 5.41) is 5.20. The van der Waals surface area contributed by atoms with Crippen molar-refractivity contribution in [1.29, 1.82) is 0 Å². The highest BCUT2D eigenvalue weighted by atomic mass is 35.5. The number of hydrogen-bond donors (Lipinski definition) is 1. The molecule has 0 atom stereocenters. The first-order valence-corrected chi connectivity index (χ1v) is 14.4. The molecule has 0 aliphatic carbocycles. The number of anilines is 1. The number of nitrogens with zero attached hydrogens (tertiary/aromatic N) is 5. The Balaban J connectivity index is 1.57. The maximum atomic E-state index is 13.9. The molecule has 0 aliphatic rings. The lowest BCUT2D eigenvalue weighted by molar-refractivity contribution is 0.601. The average Bonchev–Trinajstić information content (AvgIpc) is 3.38. The molecule has 198 valence electrons. The molecule has 0 radical (unpaired) electrons. The van der Waals surface area contributed by atoms with Crippen molar-refractivity contribution in [1.82, 2.24) is 24.3 Å². The smallest absolute Gasteiger partial charge is 0.269 e. The summed E-state index contributed by atoms with van der Waals surface area (Å²) in [7, 11) is -3.45. The van der Waals surface area contributed by atoms with Crippen LogP contribution in [0.25, 0.3) is 45.1 Å². The molecule has 0 saturated carbocycles. The van der Waals surface area contributed by atoms with Crippen LogP contribution in [0.3, 0.4) is 0 Å². The van der Waals surface area contributed by atoms with Crippen molar-refractivity contribution in [2.24, 2.45) is 0 Å². The zero-order valence-corrected chi connectivity index (χ0v) is 22.6. The molecule has 6 aromatic rings. The molecule has 0 spiro atoms. The van der Waals surface area contributed by atoms with Crippen molar-refractivity contribution in [2.75, 3.05) is 12.0 Å². The number of fused-ring (bicyclic) bond motifs is 1. The zero-order valence-electron chi connectivity index (χ0n) is 21.1. The molecule has 0 aliphatic heterocycles. The third kappa shape index (κ3) is 4.63. The van der Waals surface area contributed by atoms with Crippen molar-refractivity contribution in [2.45, 2.75) is 4.90 Å². The summed E-state index contributed by atoms with van der Waals surface area (Å²) < 4.78 is 27.3. The van der Waals surface area contributed by atoms with Gasteiger partial charge in [-0.3, -0.25) is 14.3 Å². The van der Waals surface area contributed by atoms with Gasteiger partial charge in [-0.1, -0.05) is 41.9 Å². The number of nitrogen functional groups attached to an aromatic ring is 1. The molecule has 2 N–H and O–H groups in total. The van der Waals surface area contributed by atoms with Gasteiger partial charge in [0.2, 0.25) is 0 Å². The molecule has 9 nitrogen and oxygen atoms in total. The number of nitrogens with two attached hydrogens (primary N) is 1. The fourth-order valence-electron chi connectivity index (χ4n) is 4.39. The Labute approximate surface area is 234 Å². The van der Waals surface area contributed by atoms with Crippen molar-refractivity contribution >= 4 is 38.2 Å². The van der Waals surface area contributed by atoms with E-state index in [1.54, 1.807) is 48.7 Å². The van der Waals surface area contributed by atoms with Crippen LogP contribution >= 0.6 is 11.6 Å². The standard InChI is InChI=1S/C29H21ClN6O3S/c1-40(38,39)24-4-2-3-23(15-24)36-28-25(17-33-36)29(37)35(22-12-9-20(30)10-13-22)27(34-28)19-7-5-18(6-8-19)26-14-11-21(31)16-32-26/h2-17H,31H2,1H3. The summed E-state index contributed by atoms with van der Waals surface area (Å²) in [6, 6.07) is 24.4. The quantitative estimate of drug-likeness (QED) is 0.312. The first-order chi connectivity index (χ1) is 19.2. The summed E-state index contributed by atoms with van der Waals surface area (Å²) in [4.78, 5) is 23.3. The van der Waals surface area contributed by atoms with E-state index in [2.05, 4.69) is 10.1 Å². The van der Waals surface area contributed by atoms with Crippen molar-refractivity contribution in [3.05, 3.63) is 113 Å². The SMILES string of the molecule is CS(=O)(=O)c1cccc(-n2ncc3c(=O)n(-c4ccc(Cl)cc4)c(-c4ccc(-c5ccc(N)cn5)cc4)nc32)c1. The Morgan fingerprint density at radius 1 is 0.850 bits per heavy atom. The highest BCUT2D eigenvalue weighted by molar-refractivity contribution is 7.90. The van der Waals surface area contributed by atoms with E-state index in [0.717, 1.165) is 17.5 Å². The number of hydrogen-bond acceptors (Lipinski definition) is 7. The van der Waals surface area contributed by atoms with Crippen molar-refractivity contribution < 1.29 is 8.42 Å². The molecule has 3 heterocycles. The molecule has 11 heteroatoms. The number of sulfone groups is 1. The van der Waals surface area contributed by atoms with Gasteiger partial charge in [0.15, 0.2) is 15.5 Å². The molecular formula is C29H21ClN6O3S. The molecule has 0 fully saturated rings. The molecule has 40 heavy (non-hydrogen) atoms. The summed E-state index contributed by atoms with van der Waals surface area (Å²) >= 11 is 6.12. The van der Waals surface area contributed by atoms with Gasteiger partial charge in [-0.05, 0) is 54.6 Å². The number of pyridine rings is 1. The molecule has 0 saturated heterocycles. The second-order valence-electron chi connectivity index (χ2n) is 9.17. The zero-order chi connectivity index (χ0) is 28.0. The Kier molecular flexibility index (Phi) is 6.21. The van der Waals surface area contributed by atoms with Crippen LogP contribution in [-0.2, 0) is 9.84 Å². The minimum absolute atomic E-state index is 0.134. The third-order valence-electron chi connectivity index (χ3n) is 6.40. The fraction of sp³-hybridized carbons (Fsp3) is 0.0345. The van der Waals surface area contributed by atoms with Crippen LogP contribution in [0.5, 0.6) is 0 Å². The summed E-state index contributed by atoms with van der Waals surface area (Å²) in [5.41, 5.74) is 9.64. The number of halogens is 1. The normalized spacial score (nSPS) is 11.7. The highest BCUT2D eigenvalue weighted by Gasteiger charge is 2.19. The van der Waals surface area contributed by atoms with Gasteiger partial charge in [-0.25, -0.2) is 18.1 Å². The first-order valence-electron chi connectivity index (χ1n) is 12.1. The summed E-state index contributed by atoms with van der Waals surface area (Å²) in [6.45, 7) is 0. The third-order valence-corrected chi connectivity index (χ3v) is 7.76. The monoisotopic (exact) mass is 568 g/mol. The molecule has 0 unspecified atom stereocenters. The van der Waals surface area contributed by atoms with E-state index in [4.69, 9.17) is 22.3 Å². The van der Waals surface area contributed by atoms with Gasteiger partial charge in [0.25, 0.3) is 5.56 Å². The topological polar surface area (TPSA) is 126 Å². The minimum atomic E-state index is -3.45. The predicted octanol–water partition coefficient (Wildman–Crippen LogP) is 4.94. The Hall–Kier alpha value is -4.80. The van der Waals surface area contributed by atoms with Crippen LogP contribution in [0.1, 0.15) is 0 Å². The van der Waals surface area contributed by atoms with E-state index >= 15 is 0 Å². The van der Waals surface area contributed by atoms with Crippen molar-refractivity contribution in [3.63, 3.8) is 0 Å². The lowest BCUT2D eigenvalue weighted by Crippen LogP contribution is -2.22. The van der Waals surface area contributed by atoms with Gasteiger partial charge < -0.3 is 5.73 Å². The summed E-state index contributed by atoms with van der Waals surface area (Å²) in [6.07, 6.45) is 4.17. The maximum absolute atomic E-state index is 13.9. The van der Waals surface area contributed by atoms with Gasteiger partial charge in [0.05, 0.1) is 40.0 Å². The molecule has 6 rings (SSSR count). The molecule has 0 bridgehead atoms. The Morgan fingerprint density at radius 2 is 1.57 bits per heavy atom. The van der Waals surface area contributed by atoms with Gasteiger partial charge in [0.1, 0.15) is 11.2 Å². The Morgan fingerprint density at radius 3 is 2.25 bits per heavy atom. The number of benzene rings is 3. The lowest BCUT2D eigenvalue weighted by atomic mass is 10.1. The predicted molar refractivity (Wildman–Crippen MR) is 156 cm³/mol. The van der Waals surface area contributed by atoms with E-state index in [1.165, 1.54) is 27.6 Å². The molecule has 0 amide bonds. The molecular weight excluding hydrogens is 548 g/mol. The first kappa shape index (κ1) is 25.5. The lowest BCUT2D eigenvalue weighted by Gasteiger charge is -2.14. The summed E-state index contributed by atoms with van der Waals surface area (Å²) in [5.74, 6) is 0.373. The Bertz CT molecular complexity index is 2050. The van der Waals surface area contributed by atoms with Crippen LogP contribution in [0, 0.1) is 0 Å². The van der Waals surface area contributed by atoms with E-state index < -0.39 is 9.84 Å². The second kappa shape index (κ2) is 9.74. The van der Waals surface area contributed by atoms with Gasteiger partial charge in [0, 0.05) is 22.4 Å². The van der Waals surface area contributed by atoms with Gasteiger partial charge >= 0.3 is 0 Å². The largest absolute Gasteiger partial charge is 0.397 e. The van der Waals surface area contributed by atoms with Gasteiger partial charge in [-0.15, -0.1) is 0 Å². The van der Waals surface area contributed by atoms with E-state index in [1.807, 2.05) is 30.3 Å². The molecule has 3 aromatic carbocycles. The average molecular weight is 569 g/mol. The van der Waals surface area contributed by atoms with Crippen LogP contribution in [0.15, 0.2) is 107 Å². The number of aromatic nitrogens is 5. The minimum Gasteiger partial charge on any atom is -0.397 e. The van der Waals surface area contributed by atoms with Crippen LogP contribution in [0.4, 0.5) is 5.69 Å².